The number of carbonyl (C=O) groups is 1. The number of nitrogens with zero attached hydrogens (tertiary/aromatic N) is 1. The Labute approximate surface area is 207 Å². The summed E-state index contributed by atoms with van der Waals surface area (Å²) in [6.07, 6.45) is -4.74. The molecule has 9 heteroatoms. The van der Waals surface area contributed by atoms with Crippen molar-refractivity contribution in [3.63, 3.8) is 0 Å². The van der Waals surface area contributed by atoms with Crippen molar-refractivity contribution in [2.45, 2.75) is 51.8 Å². The number of rotatable bonds is 9. The molecule has 6 nitrogen and oxygen atoms in total. The van der Waals surface area contributed by atoms with Gasteiger partial charge in [0.1, 0.15) is 23.0 Å². The van der Waals surface area contributed by atoms with Gasteiger partial charge in [0.15, 0.2) is 5.78 Å². The molecule has 36 heavy (non-hydrogen) atoms. The summed E-state index contributed by atoms with van der Waals surface area (Å²) in [5.41, 5.74) is 0.458. The summed E-state index contributed by atoms with van der Waals surface area (Å²) in [6, 6.07) is 14.0. The molecule has 0 saturated carbocycles. The van der Waals surface area contributed by atoms with Gasteiger partial charge >= 0.3 is 6.36 Å². The highest BCUT2D eigenvalue weighted by Crippen LogP contribution is 2.33. The molecule has 1 N–H and O–H groups in total. The molecule has 0 radical (unpaired) electrons. The summed E-state index contributed by atoms with van der Waals surface area (Å²) in [5, 5.41) is 0. The summed E-state index contributed by atoms with van der Waals surface area (Å²) >= 11 is 0. The van der Waals surface area contributed by atoms with E-state index in [1.165, 1.54) is 30.3 Å². The molecule has 0 fully saturated rings. The van der Waals surface area contributed by atoms with E-state index in [0.717, 1.165) is 5.56 Å². The quantitative estimate of drug-likeness (QED) is 0.362. The van der Waals surface area contributed by atoms with Gasteiger partial charge in [-0.1, -0.05) is 38.1 Å². The minimum absolute atomic E-state index is 0.000502. The predicted octanol–water partition coefficient (Wildman–Crippen LogP) is 6.02. The third-order valence-electron chi connectivity index (χ3n) is 6.18. The number of Topliss-reactive ketones (excluding diaryl/α,β-unsaturated/α-hetero) is 1. The zero-order valence-corrected chi connectivity index (χ0v) is 20.8. The van der Waals surface area contributed by atoms with Crippen LogP contribution >= 0.6 is 0 Å². The number of alkyl halides is 3. The molecule has 1 aromatic heterocycles. The zero-order valence-electron chi connectivity index (χ0n) is 20.8. The predicted molar refractivity (Wildman–Crippen MR) is 130 cm³/mol. The van der Waals surface area contributed by atoms with Crippen molar-refractivity contribution in [1.29, 1.82) is 0 Å². The van der Waals surface area contributed by atoms with Gasteiger partial charge in [0, 0.05) is 17.9 Å². The van der Waals surface area contributed by atoms with E-state index in [-0.39, 0.29) is 35.5 Å². The lowest BCUT2D eigenvalue weighted by molar-refractivity contribution is -0.274. The normalized spacial score (nSPS) is 12.9. The van der Waals surface area contributed by atoms with E-state index in [4.69, 9.17) is 4.74 Å². The van der Waals surface area contributed by atoms with Crippen LogP contribution in [0.2, 0.25) is 0 Å². The molecular weight excluding hydrogens is 473 g/mol. The fourth-order valence-corrected chi connectivity index (χ4v) is 4.00. The van der Waals surface area contributed by atoms with Crippen LogP contribution in [0, 0.1) is 5.92 Å². The van der Waals surface area contributed by atoms with Crippen LogP contribution in [0.1, 0.15) is 67.5 Å². The number of ether oxygens (including phenoxy) is 2. The van der Waals surface area contributed by atoms with Gasteiger partial charge in [-0.3, -0.25) is 9.59 Å². The Hall–Kier alpha value is -3.62. The third-order valence-corrected chi connectivity index (χ3v) is 6.18. The molecule has 1 atom stereocenters. The number of methoxy groups -OCH3 is 1. The van der Waals surface area contributed by atoms with Crippen LogP contribution in [0.15, 0.2) is 59.4 Å². The molecule has 0 aliphatic heterocycles. The van der Waals surface area contributed by atoms with Crippen molar-refractivity contribution in [3.05, 3.63) is 87.6 Å². The van der Waals surface area contributed by atoms with Gasteiger partial charge < -0.3 is 14.5 Å². The van der Waals surface area contributed by atoms with E-state index in [1.807, 2.05) is 52.0 Å². The molecule has 0 aliphatic rings. The number of H-pyrrole nitrogens is 1. The van der Waals surface area contributed by atoms with Crippen LogP contribution in [-0.4, -0.2) is 29.2 Å². The Kier molecular flexibility index (Phi) is 7.91. The largest absolute Gasteiger partial charge is 0.573 e. The van der Waals surface area contributed by atoms with Gasteiger partial charge in [-0.05, 0) is 61.1 Å². The van der Waals surface area contributed by atoms with Crippen LogP contribution in [0.25, 0.3) is 0 Å². The first-order valence-electron chi connectivity index (χ1n) is 11.5. The highest BCUT2D eigenvalue weighted by Gasteiger charge is 2.31. The van der Waals surface area contributed by atoms with E-state index in [2.05, 4.69) is 14.7 Å². The van der Waals surface area contributed by atoms with E-state index in [9.17, 15) is 22.8 Å². The van der Waals surface area contributed by atoms with Gasteiger partial charge in [0.25, 0.3) is 5.56 Å². The fraction of sp³-hybridized carbons (Fsp3) is 0.370. The molecule has 0 amide bonds. The van der Waals surface area contributed by atoms with E-state index in [0.29, 0.717) is 17.1 Å². The molecule has 3 aromatic rings. The Morgan fingerprint density at radius 3 is 2.11 bits per heavy atom. The number of nitrogens with one attached hydrogen (secondary N) is 1. The first-order valence-corrected chi connectivity index (χ1v) is 11.5. The third kappa shape index (κ3) is 6.53. The number of aromatic nitrogens is 2. The second-order valence-electron chi connectivity index (χ2n) is 9.43. The Balaban J connectivity index is 1.86. The Morgan fingerprint density at radius 2 is 1.58 bits per heavy atom. The minimum atomic E-state index is -4.78. The number of ketones is 1. The molecule has 2 aromatic carbocycles. The van der Waals surface area contributed by atoms with Gasteiger partial charge in [0.2, 0.25) is 0 Å². The number of aromatic amines is 1. The molecule has 0 aliphatic carbocycles. The maximum absolute atomic E-state index is 13.2. The summed E-state index contributed by atoms with van der Waals surface area (Å²) in [5.74, 6) is 0.0805. The Bertz CT molecular complexity index is 1250. The summed E-state index contributed by atoms with van der Waals surface area (Å²) in [7, 11) is 1.57. The number of hydrogen-bond acceptors (Lipinski definition) is 5. The summed E-state index contributed by atoms with van der Waals surface area (Å²) in [4.78, 5) is 32.9. The first kappa shape index (κ1) is 27.0. The van der Waals surface area contributed by atoms with Crippen LogP contribution in [0.4, 0.5) is 13.2 Å². The van der Waals surface area contributed by atoms with Crippen LogP contribution < -0.4 is 15.0 Å². The first-order chi connectivity index (χ1) is 16.8. The zero-order chi connectivity index (χ0) is 26.7. The second-order valence-corrected chi connectivity index (χ2v) is 9.43. The van der Waals surface area contributed by atoms with E-state index >= 15 is 0 Å². The van der Waals surface area contributed by atoms with Crippen molar-refractivity contribution >= 4 is 5.78 Å². The second kappa shape index (κ2) is 10.6. The maximum Gasteiger partial charge on any atom is 0.573 e. The van der Waals surface area contributed by atoms with Gasteiger partial charge in [0.05, 0.1) is 7.11 Å². The molecule has 0 saturated heterocycles. The standard InChI is InChI=1S/C27H29F3N2O4/c1-16(2)21(17-6-10-20(11-7-17)36-27(28,29)30)14-23(33)22-15-24(34)32-25(31-22)26(3,4)18-8-12-19(35-5)13-9-18/h6-13,15-16,21H,14H2,1-5H3,(H,31,32,34)/t21-/m1/s1. The minimum Gasteiger partial charge on any atom is -0.497 e. The lowest BCUT2D eigenvalue weighted by Crippen LogP contribution is -2.28. The number of benzene rings is 2. The highest BCUT2D eigenvalue weighted by molar-refractivity contribution is 5.94. The van der Waals surface area contributed by atoms with E-state index < -0.39 is 17.3 Å². The van der Waals surface area contributed by atoms with Crippen LogP contribution in [-0.2, 0) is 5.41 Å². The Morgan fingerprint density at radius 1 is 1.00 bits per heavy atom. The molecule has 3 rings (SSSR count). The molecule has 0 spiro atoms. The van der Waals surface area contributed by atoms with Crippen LogP contribution in [0.3, 0.4) is 0 Å². The highest BCUT2D eigenvalue weighted by atomic mass is 19.4. The molecule has 192 valence electrons. The smallest absolute Gasteiger partial charge is 0.497 e. The molecule has 1 heterocycles. The average Bonchev–Trinajstić information content (AvgIpc) is 2.81. The maximum atomic E-state index is 13.2. The van der Waals surface area contributed by atoms with Crippen molar-refractivity contribution in [1.82, 2.24) is 9.97 Å². The molecule has 0 bridgehead atoms. The number of carbonyl (C=O) groups excluding carboxylic acids is 1. The van der Waals surface area contributed by atoms with Crippen molar-refractivity contribution in [2.24, 2.45) is 5.92 Å². The van der Waals surface area contributed by atoms with E-state index in [1.54, 1.807) is 7.11 Å². The van der Waals surface area contributed by atoms with Gasteiger partial charge in [-0.15, -0.1) is 13.2 Å². The molecular formula is C27H29F3N2O4. The van der Waals surface area contributed by atoms with Crippen molar-refractivity contribution in [2.75, 3.05) is 7.11 Å². The average molecular weight is 503 g/mol. The van der Waals surface area contributed by atoms with Gasteiger partial charge in [-0.25, -0.2) is 4.98 Å². The van der Waals surface area contributed by atoms with Gasteiger partial charge in [-0.2, -0.15) is 0 Å². The van der Waals surface area contributed by atoms with Crippen LogP contribution in [0.5, 0.6) is 11.5 Å². The lowest BCUT2D eigenvalue weighted by Gasteiger charge is -2.25. The summed E-state index contributed by atoms with van der Waals surface area (Å²) in [6.45, 7) is 7.62. The SMILES string of the molecule is COc1ccc(C(C)(C)c2nc(C(=O)C[C@@H](c3ccc(OC(F)(F)F)cc3)C(C)C)cc(=O)[nH]2)cc1. The number of hydrogen-bond donors (Lipinski definition) is 1. The van der Waals surface area contributed by atoms with Crippen molar-refractivity contribution < 1.29 is 27.4 Å². The lowest BCUT2D eigenvalue weighted by atomic mass is 9.83. The fourth-order valence-electron chi connectivity index (χ4n) is 4.00. The number of halogens is 3. The van der Waals surface area contributed by atoms with Crippen molar-refractivity contribution in [3.8, 4) is 11.5 Å². The molecule has 0 unspecified atom stereocenters. The monoisotopic (exact) mass is 502 g/mol. The topological polar surface area (TPSA) is 81.3 Å². The summed E-state index contributed by atoms with van der Waals surface area (Å²) < 4.78 is 46.6.